The molecule has 1 aliphatic heterocycles. The number of hydrogen-bond donors (Lipinski definition) is 0. The minimum Gasteiger partial charge on any atom is -0.494 e. The van der Waals surface area contributed by atoms with E-state index in [1.807, 2.05) is 12.1 Å². The fraction of sp³-hybridized carbons (Fsp3) is 0.533. The van der Waals surface area contributed by atoms with Crippen LogP contribution in [0.1, 0.15) is 18.4 Å². The lowest BCUT2D eigenvalue weighted by Gasteiger charge is -2.15. The Labute approximate surface area is 114 Å². The molecule has 0 saturated carbocycles. The summed E-state index contributed by atoms with van der Waals surface area (Å²) in [4.78, 5) is 2.41. The Bertz CT molecular complexity index is 425. The zero-order chi connectivity index (χ0) is 13.5. The number of benzene rings is 1. The van der Waals surface area contributed by atoms with Gasteiger partial charge >= 0.3 is 0 Å². The van der Waals surface area contributed by atoms with E-state index >= 15 is 0 Å². The average molecular weight is 260 g/mol. The summed E-state index contributed by atoms with van der Waals surface area (Å²) in [5, 5.41) is 8.70. The van der Waals surface area contributed by atoms with Gasteiger partial charge in [0.2, 0.25) is 0 Å². The van der Waals surface area contributed by atoms with Crippen molar-refractivity contribution >= 4 is 0 Å². The van der Waals surface area contributed by atoms with Crippen molar-refractivity contribution < 1.29 is 9.47 Å². The summed E-state index contributed by atoms with van der Waals surface area (Å²) in [5.41, 5.74) is 0.662. The van der Waals surface area contributed by atoms with Crippen molar-refractivity contribution in [2.75, 3.05) is 33.4 Å². The van der Waals surface area contributed by atoms with E-state index in [0.717, 1.165) is 38.2 Å². The van der Waals surface area contributed by atoms with Gasteiger partial charge in [-0.1, -0.05) is 0 Å². The third kappa shape index (κ3) is 4.23. The lowest BCUT2D eigenvalue weighted by atomic mass is 10.2. The largest absolute Gasteiger partial charge is 0.494 e. The molecule has 1 aromatic carbocycles. The molecule has 102 valence electrons. The quantitative estimate of drug-likeness (QED) is 0.734. The minimum atomic E-state index is 0.402. The summed E-state index contributed by atoms with van der Waals surface area (Å²) in [7, 11) is 1.78. The van der Waals surface area contributed by atoms with Crippen molar-refractivity contribution in [3.8, 4) is 11.8 Å². The van der Waals surface area contributed by atoms with Crippen molar-refractivity contribution in [2.45, 2.75) is 18.9 Å². The molecule has 4 nitrogen and oxygen atoms in total. The molecule has 1 unspecified atom stereocenters. The van der Waals surface area contributed by atoms with Crippen LogP contribution < -0.4 is 4.74 Å². The summed E-state index contributed by atoms with van der Waals surface area (Å²) >= 11 is 0. The third-order valence-electron chi connectivity index (χ3n) is 3.43. The number of nitrogens with zero attached hydrogens (tertiary/aromatic N) is 2. The van der Waals surface area contributed by atoms with Crippen LogP contribution in [0, 0.1) is 11.3 Å². The van der Waals surface area contributed by atoms with Crippen molar-refractivity contribution in [1.82, 2.24) is 4.90 Å². The van der Waals surface area contributed by atoms with E-state index < -0.39 is 0 Å². The molecule has 2 rings (SSSR count). The fourth-order valence-electron chi connectivity index (χ4n) is 2.30. The molecule has 0 aromatic heterocycles. The van der Waals surface area contributed by atoms with E-state index in [-0.39, 0.29) is 0 Å². The van der Waals surface area contributed by atoms with Crippen LogP contribution in [-0.2, 0) is 4.74 Å². The second-order valence-electron chi connectivity index (χ2n) is 4.79. The number of nitriles is 1. The van der Waals surface area contributed by atoms with E-state index in [9.17, 15) is 0 Å². The van der Waals surface area contributed by atoms with E-state index in [1.165, 1.54) is 0 Å². The highest BCUT2D eigenvalue weighted by molar-refractivity contribution is 5.34. The van der Waals surface area contributed by atoms with Crippen molar-refractivity contribution in [1.29, 1.82) is 5.26 Å². The number of methoxy groups -OCH3 is 1. The summed E-state index contributed by atoms with van der Waals surface area (Å²) in [6, 6.07) is 9.33. The molecule has 0 spiro atoms. The summed E-state index contributed by atoms with van der Waals surface area (Å²) < 4.78 is 11.0. The third-order valence-corrected chi connectivity index (χ3v) is 3.43. The SMILES string of the molecule is COC1CCN(CCCOc2ccc(C#N)cc2)C1. The molecule has 1 aliphatic rings. The van der Waals surface area contributed by atoms with Gasteiger partial charge in [0, 0.05) is 26.7 Å². The highest BCUT2D eigenvalue weighted by Crippen LogP contribution is 2.13. The van der Waals surface area contributed by atoms with Crippen LogP contribution in [0.4, 0.5) is 0 Å². The van der Waals surface area contributed by atoms with E-state index in [2.05, 4.69) is 11.0 Å². The number of hydrogen-bond acceptors (Lipinski definition) is 4. The van der Waals surface area contributed by atoms with E-state index in [1.54, 1.807) is 19.2 Å². The van der Waals surface area contributed by atoms with Gasteiger partial charge in [0.1, 0.15) is 5.75 Å². The lowest BCUT2D eigenvalue weighted by molar-refractivity contribution is 0.107. The van der Waals surface area contributed by atoms with Crippen LogP contribution >= 0.6 is 0 Å². The van der Waals surface area contributed by atoms with Crippen LogP contribution in [0.3, 0.4) is 0 Å². The zero-order valence-corrected chi connectivity index (χ0v) is 11.3. The molecule has 1 heterocycles. The standard InChI is InChI=1S/C15H20N2O2/c1-18-15-7-9-17(12-15)8-2-10-19-14-5-3-13(11-16)4-6-14/h3-6,15H,2,7-10,12H2,1H3. The first-order valence-electron chi connectivity index (χ1n) is 6.70. The Balaban J connectivity index is 1.63. The first kappa shape index (κ1) is 13.9. The van der Waals surface area contributed by atoms with Gasteiger partial charge in [-0.3, -0.25) is 0 Å². The van der Waals surface area contributed by atoms with Crippen LogP contribution in [-0.4, -0.2) is 44.4 Å². The first-order valence-corrected chi connectivity index (χ1v) is 6.70. The molecular weight excluding hydrogens is 240 g/mol. The molecule has 0 radical (unpaired) electrons. The molecule has 1 saturated heterocycles. The van der Waals surface area contributed by atoms with Crippen LogP contribution in [0.15, 0.2) is 24.3 Å². The van der Waals surface area contributed by atoms with Gasteiger partial charge < -0.3 is 14.4 Å². The highest BCUT2D eigenvalue weighted by atomic mass is 16.5. The molecular formula is C15H20N2O2. The molecule has 0 aliphatic carbocycles. The summed E-state index contributed by atoms with van der Waals surface area (Å²) in [5.74, 6) is 0.829. The van der Waals surface area contributed by atoms with Crippen molar-refractivity contribution in [2.24, 2.45) is 0 Å². The lowest BCUT2D eigenvalue weighted by Crippen LogP contribution is -2.25. The molecule has 0 N–H and O–H groups in total. The molecule has 4 heteroatoms. The Morgan fingerprint density at radius 1 is 1.37 bits per heavy atom. The van der Waals surface area contributed by atoms with Gasteiger partial charge in [0.25, 0.3) is 0 Å². The second kappa shape index (κ2) is 7.13. The maximum absolute atomic E-state index is 8.70. The fourth-order valence-corrected chi connectivity index (χ4v) is 2.30. The van der Waals surface area contributed by atoms with Crippen molar-refractivity contribution in [3.63, 3.8) is 0 Å². The average Bonchev–Trinajstić information content (AvgIpc) is 2.92. The van der Waals surface area contributed by atoms with Gasteiger partial charge in [-0.2, -0.15) is 5.26 Å². The monoisotopic (exact) mass is 260 g/mol. The topological polar surface area (TPSA) is 45.5 Å². The Morgan fingerprint density at radius 2 is 2.16 bits per heavy atom. The molecule has 0 amide bonds. The van der Waals surface area contributed by atoms with Crippen LogP contribution in [0.5, 0.6) is 5.75 Å². The number of ether oxygens (including phenoxy) is 2. The summed E-state index contributed by atoms with van der Waals surface area (Å²) in [6.07, 6.45) is 2.54. The molecule has 1 aromatic rings. The van der Waals surface area contributed by atoms with E-state index in [4.69, 9.17) is 14.7 Å². The first-order chi connectivity index (χ1) is 9.31. The molecule has 1 atom stereocenters. The Kier molecular flexibility index (Phi) is 5.20. The molecule has 1 fully saturated rings. The Morgan fingerprint density at radius 3 is 2.79 bits per heavy atom. The van der Waals surface area contributed by atoms with Gasteiger partial charge in [-0.25, -0.2) is 0 Å². The summed E-state index contributed by atoms with van der Waals surface area (Å²) in [6.45, 7) is 3.92. The van der Waals surface area contributed by atoms with Crippen LogP contribution in [0.25, 0.3) is 0 Å². The Hall–Kier alpha value is -1.57. The highest BCUT2D eigenvalue weighted by Gasteiger charge is 2.20. The maximum atomic E-state index is 8.70. The predicted molar refractivity (Wildman–Crippen MR) is 73.1 cm³/mol. The van der Waals surface area contributed by atoms with Crippen LogP contribution in [0.2, 0.25) is 0 Å². The van der Waals surface area contributed by atoms with Crippen molar-refractivity contribution in [3.05, 3.63) is 29.8 Å². The normalized spacial score (nSPS) is 19.3. The maximum Gasteiger partial charge on any atom is 0.119 e. The molecule has 0 bridgehead atoms. The smallest absolute Gasteiger partial charge is 0.119 e. The number of likely N-dealkylation sites (tertiary alicyclic amines) is 1. The molecule has 19 heavy (non-hydrogen) atoms. The van der Waals surface area contributed by atoms with Gasteiger partial charge in [0.05, 0.1) is 24.3 Å². The minimum absolute atomic E-state index is 0.402. The van der Waals surface area contributed by atoms with Gasteiger partial charge in [0.15, 0.2) is 0 Å². The predicted octanol–water partition coefficient (Wildman–Crippen LogP) is 2.05. The number of rotatable bonds is 6. The second-order valence-corrected chi connectivity index (χ2v) is 4.79. The van der Waals surface area contributed by atoms with E-state index in [0.29, 0.717) is 18.3 Å². The van der Waals surface area contributed by atoms with Gasteiger partial charge in [-0.15, -0.1) is 0 Å². The van der Waals surface area contributed by atoms with Gasteiger partial charge in [-0.05, 0) is 37.1 Å². The zero-order valence-electron chi connectivity index (χ0n) is 11.3.